The molecular formula is C58H37N3O. The fourth-order valence-corrected chi connectivity index (χ4v) is 9.60. The Hall–Kier alpha value is -8.21. The third kappa shape index (κ3) is 5.72. The molecule has 9 aromatic carbocycles. The Labute approximate surface area is 360 Å². The number of benzene rings is 9. The first-order valence-electron chi connectivity index (χ1n) is 21.0. The first kappa shape index (κ1) is 35.7. The molecule has 2 heterocycles. The van der Waals surface area contributed by atoms with Crippen LogP contribution < -0.4 is 4.74 Å². The van der Waals surface area contributed by atoms with Crippen LogP contribution in [0.1, 0.15) is 22.3 Å². The molecule has 0 fully saturated rings. The van der Waals surface area contributed by atoms with E-state index in [0.29, 0.717) is 17.5 Å². The SMILES string of the molecule is c1ccc(-c2cccc(-c3nc(-c4ccc(-c5cccc6c5Oc5ccccc5C65c6ccccc6-c6ccccc65)cc4)nc(-c4cccc(-c5ccccc5)c4)n3)c2)cc1. The van der Waals surface area contributed by atoms with Gasteiger partial charge in [0.15, 0.2) is 17.5 Å². The van der Waals surface area contributed by atoms with Gasteiger partial charge in [-0.3, -0.25) is 0 Å². The molecule has 0 radical (unpaired) electrons. The zero-order valence-corrected chi connectivity index (χ0v) is 33.6. The summed E-state index contributed by atoms with van der Waals surface area (Å²) in [6, 6.07) is 79.0. The van der Waals surface area contributed by atoms with Gasteiger partial charge < -0.3 is 4.74 Å². The van der Waals surface area contributed by atoms with Crippen LogP contribution in [0.4, 0.5) is 0 Å². The van der Waals surface area contributed by atoms with E-state index in [1.807, 2.05) is 12.1 Å². The molecule has 1 aliphatic carbocycles. The Bertz CT molecular complexity index is 3180. The third-order valence-corrected chi connectivity index (χ3v) is 12.4. The molecular weight excluding hydrogens is 755 g/mol. The van der Waals surface area contributed by atoms with E-state index in [0.717, 1.165) is 72.7 Å². The second-order valence-electron chi connectivity index (χ2n) is 15.9. The molecule has 1 aromatic heterocycles. The van der Waals surface area contributed by atoms with Crippen LogP contribution in [0.15, 0.2) is 224 Å². The Morgan fingerprint density at radius 2 is 0.677 bits per heavy atom. The van der Waals surface area contributed by atoms with Crippen LogP contribution in [0.5, 0.6) is 11.5 Å². The second-order valence-corrected chi connectivity index (χ2v) is 15.9. The van der Waals surface area contributed by atoms with Gasteiger partial charge in [-0.1, -0.05) is 206 Å². The van der Waals surface area contributed by atoms with Gasteiger partial charge in [0.05, 0.1) is 5.41 Å². The summed E-state index contributed by atoms with van der Waals surface area (Å²) in [6.07, 6.45) is 0. The van der Waals surface area contributed by atoms with Crippen LogP contribution in [0.25, 0.3) is 78.7 Å². The van der Waals surface area contributed by atoms with Crippen molar-refractivity contribution >= 4 is 0 Å². The van der Waals surface area contributed by atoms with Crippen LogP contribution in [0.2, 0.25) is 0 Å². The lowest BCUT2D eigenvalue weighted by molar-refractivity contribution is 0.438. The summed E-state index contributed by atoms with van der Waals surface area (Å²) in [6.45, 7) is 0. The molecule has 12 rings (SSSR count). The number of nitrogens with zero attached hydrogens (tertiary/aromatic N) is 3. The fraction of sp³-hybridized carbons (Fsp3) is 0.0172. The molecule has 4 nitrogen and oxygen atoms in total. The third-order valence-electron chi connectivity index (χ3n) is 12.4. The summed E-state index contributed by atoms with van der Waals surface area (Å²) >= 11 is 0. The van der Waals surface area contributed by atoms with Gasteiger partial charge in [-0.15, -0.1) is 0 Å². The standard InChI is InChI=1S/C58H37N3O/c1-3-16-38(17-4-1)42-20-13-22-44(36-42)56-59-55(60-57(61-56)45-23-14-21-43(37-45)39-18-5-2-6-19-39)41-34-32-40(33-35-41)46-26-15-30-52-54(46)62-53-31-12-11-29-51(53)58(52)49-27-9-7-24-47(49)48-25-8-10-28-50(48)58/h1-37H. The Kier molecular flexibility index (Phi) is 8.36. The lowest BCUT2D eigenvalue weighted by Crippen LogP contribution is -2.32. The first-order valence-corrected chi connectivity index (χ1v) is 21.0. The second kappa shape index (κ2) is 14.5. The maximum absolute atomic E-state index is 6.97. The van der Waals surface area contributed by atoms with E-state index >= 15 is 0 Å². The number of ether oxygens (including phenoxy) is 1. The number of aromatic nitrogens is 3. The van der Waals surface area contributed by atoms with E-state index in [1.54, 1.807) is 0 Å². The molecule has 2 aliphatic rings. The minimum absolute atomic E-state index is 0.527. The molecule has 0 saturated heterocycles. The predicted molar refractivity (Wildman–Crippen MR) is 250 cm³/mol. The van der Waals surface area contributed by atoms with Gasteiger partial charge in [0.25, 0.3) is 0 Å². The molecule has 1 aliphatic heterocycles. The number of hydrogen-bond acceptors (Lipinski definition) is 4. The van der Waals surface area contributed by atoms with Crippen molar-refractivity contribution in [1.82, 2.24) is 15.0 Å². The Morgan fingerprint density at radius 1 is 0.274 bits per heavy atom. The average Bonchev–Trinajstić information content (AvgIpc) is 3.65. The summed E-state index contributed by atoms with van der Waals surface area (Å²) in [7, 11) is 0. The normalized spacial score (nSPS) is 12.8. The summed E-state index contributed by atoms with van der Waals surface area (Å²) in [5.41, 5.74) is 16.1. The minimum atomic E-state index is -0.527. The molecule has 0 unspecified atom stereocenters. The highest BCUT2D eigenvalue weighted by atomic mass is 16.5. The van der Waals surface area contributed by atoms with Crippen molar-refractivity contribution in [2.75, 3.05) is 0 Å². The topological polar surface area (TPSA) is 47.9 Å². The van der Waals surface area contributed by atoms with E-state index in [1.165, 1.54) is 22.3 Å². The summed E-state index contributed by atoms with van der Waals surface area (Å²) in [4.78, 5) is 15.4. The molecule has 0 bridgehead atoms. The van der Waals surface area contributed by atoms with Crippen LogP contribution >= 0.6 is 0 Å². The molecule has 0 amide bonds. The van der Waals surface area contributed by atoms with E-state index < -0.39 is 5.41 Å². The van der Waals surface area contributed by atoms with Gasteiger partial charge in [-0.25, -0.2) is 15.0 Å². The maximum Gasteiger partial charge on any atom is 0.164 e. The Morgan fingerprint density at radius 3 is 1.26 bits per heavy atom. The molecule has 0 atom stereocenters. The van der Waals surface area contributed by atoms with Gasteiger partial charge >= 0.3 is 0 Å². The van der Waals surface area contributed by atoms with Gasteiger partial charge in [0.1, 0.15) is 11.5 Å². The van der Waals surface area contributed by atoms with E-state index in [2.05, 4.69) is 212 Å². The smallest absolute Gasteiger partial charge is 0.164 e. The summed E-state index contributed by atoms with van der Waals surface area (Å²) in [5.74, 6) is 3.57. The van der Waals surface area contributed by atoms with Crippen molar-refractivity contribution in [2.24, 2.45) is 0 Å². The Balaban J connectivity index is 0.987. The van der Waals surface area contributed by atoms with Crippen molar-refractivity contribution in [3.63, 3.8) is 0 Å². The number of rotatable bonds is 6. The van der Waals surface area contributed by atoms with Crippen LogP contribution in [0.3, 0.4) is 0 Å². The van der Waals surface area contributed by atoms with Crippen molar-refractivity contribution in [3.05, 3.63) is 247 Å². The molecule has 0 saturated carbocycles. The van der Waals surface area contributed by atoms with Crippen molar-refractivity contribution in [1.29, 1.82) is 0 Å². The molecule has 1 spiro atoms. The van der Waals surface area contributed by atoms with Gasteiger partial charge in [-0.2, -0.15) is 0 Å². The number of fused-ring (bicyclic) bond motifs is 9. The molecule has 0 N–H and O–H groups in total. The monoisotopic (exact) mass is 791 g/mol. The molecule has 4 heteroatoms. The van der Waals surface area contributed by atoms with Crippen molar-refractivity contribution in [3.8, 4) is 90.2 Å². The zero-order valence-electron chi connectivity index (χ0n) is 33.6. The van der Waals surface area contributed by atoms with E-state index in [4.69, 9.17) is 19.7 Å². The summed E-state index contributed by atoms with van der Waals surface area (Å²) < 4.78 is 6.97. The fourth-order valence-electron chi connectivity index (χ4n) is 9.60. The van der Waals surface area contributed by atoms with Crippen LogP contribution in [0, 0.1) is 0 Å². The van der Waals surface area contributed by atoms with Crippen molar-refractivity contribution < 1.29 is 4.74 Å². The van der Waals surface area contributed by atoms with Crippen molar-refractivity contribution in [2.45, 2.75) is 5.41 Å². The lowest BCUT2D eigenvalue weighted by Gasteiger charge is -2.40. The van der Waals surface area contributed by atoms with Gasteiger partial charge in [0, 0.05) is 33.4 Å². The molecule has 290 valence electrons. The number of para-hydroxylation sites is 2. The predicted octanol–water partition coefficient (Wildman–Crippen LogP) is 14.3. The molecule has 10 aromatic rings. The minimum Gasteiger partial charge on any atom is -0.456 e. The highest BCUT2D eigenvalue weighted by Gasteiger charge is 2.51. The highest BCUT2D eigenvalue weighted by Crippen LogP contribution is 2.63. The number of hydrogen-bond donors (Lipinski definition) is 0. The maximum atomic E-state index is 6.97. The summed E-state index contributed by atoms with van der Waals surface area (Å²) in [5, 5.41) is 0. The quantitative estimate of drug-likeness (QED) is 0.168. The lowest BCUT2D eigenvalue weighted by atomic mass is 9.65. The van der Waals surface area contributed by atoms with E-state index in [9.17, 15) is 0 Å². The average molecular weight is 792 g/mol. The molecule has 62 heavy (non-hydrogen) atoms. The van der Waals surface area contributed by atoms with Gasteiger partial charge in [-0.05, 0) is 68.3 Å². The van der Waals surface area contributed by atoms with Gasteiger partial charge in [0.2, 0.25) is 0 Å². The largest absolute Gasteiger partial charge is 0.456 e. The zero-order chi connectivity index (χ0) is 41.0. The van der Waals surface area contributed by atoms with Crippen LogP contribution in [-0.2, 0) is 5.41 Å². The highest BCUT2D eigenvalue weighted by molar-refractivity contribution is 5.90. The van der Waals surface area contributed by atoms with Crippen LogP contribution in [-0.4, -0.2) is 15.0 Å². The first-order chi connectivity index (χ1) is 30.7. The van der Waals surface area contributed by atoms with E-state index in [-0.39, 0.29) is 0 Å².